The second-order valence-corrected chi connectivity index (χ2v) is 16.1. The molecule has 10 nitrogen and oxygen atoms in total. The second-order valence-electron chi connectivity index (χ2n) is 13.5. The number of ether oxygens (including phenoxy) is 1. The summed E-state index contributed by atoms with van der Waals surface area (Å²) in [4.78, 5) is 39.2. The maximum Gasteiger partial charge on any atom is 0.408 e. The highest BCUT2D eigenvalue weighted by Crippen LogP contribution is 2.51. The Morgan fingerprint density at radius 2 is 1.45 bits per heavy atom. The van der Waals surface area contributed by atoms with Crippen molar-refractivity contribution in [1.29, 1.82) is 0 Å². The molecule has 4 atom stereocenters. The molecular weight excluding hydrogens is 617 g/mol. The number of rotatable bonds is 18. The van der Waals surface area contributed by atoms with Gasteiger partial charge in [0, 0.05) is 12.7 Å². The van der Waals surface area contributed by atoms with Crippen molar-refractivity contribution in [3.8, 4) is 0 Å². The van der Waals surface area contributed by atoms with Crippen LogP contribution < -0.4 is 16.0 Å². The molecule has 0 radical (unpaired) electrons. The molecule has 47 heavy (non-hydrogen) atoms. The van der Waals surface area contributed by atoms with Crippen LogP contribution in [0.2, 0.25) is 0 Å². The van der Waals surface area contributed by atoms with E-state index in [0.29, 0.717) is 12.6 Å². The topological polar surface area (TPSA) is 143 Å². The van der Waals surface area contributed by atoms with Crippen LogP contribution in [0.15, 0.2) is 60.7 Å². The van der Waals surface area contributed by atoms with E-state index in [0.717, 1.165) is 36.8 Å². The van der Waals surface area contributed by atoms with Crippen LogP contribution >= 0.6 is 7.37 Å². The molecule has 1 fully saturated rings. The van der Waals surface area contributed by atoms with Gasteiger partial charge in [0.25, 0.3) is 0 Å². The van der Waals surface area contributed by atoms with Gasteiger partial charge in [0.05, 0.1) is 18.9 Å². The van der Waals surface area contributed by atoms with Gasteiger partial charge in [-0.25, -0.2) is 4.79 Å². The normalized spacial score (nSPS) is 16.9. The molecule has 1 aliphatic carbocycles. The van der Waals surface area contributed by atoms with E-state index >= 15 is 0 Å². The van der Waals surface area contributed by atoms with Crippen molar-refractivity contribution < 1.29 is 33.3 Å². The first-order valence-electron chi connectivity index (χ1n) is 16.9. The highest BCUT2D eigenvalue weighted by Gasteiger charge is 2.33. The molecule has 3 rings (SSSR count). The third kappa shape index (κ3) is 14.2. The summed E-state index contributed by atoms with van der Waals surface area (Å²) in [5.74, 6) is -0.898. The summed E-state index contributed by atoms with van der Waals surface area (Å²) in [5.41, 5.74) is 1.72. The quantitative estimate of drug-likeness (QED) is 0.142. The Labute approximate surface area is 280 Å². The summed E-state index contributed by atoms with van der Waals surface area (Å²) in [5, 5.41) is 19.1. The molecule has 1 saturated carbocycles. The smallest absolute Gasteiger partial charge is 0.408 e. The zero-order valence-electron chi connectivity index (χ0n) is 28.4. The largest absolute Gasteiger partial charge is 0.445 e. The Bertz CT molecular complexity index is 1290. The van der Waals surface area contributed by atoms with Crippen LogP contribution in [-0.4, -0.2) is 60.1 Å². The van der Waals surface area contributed by atoms with Gasteiger partial charge in [0.2, 0.25) is 19.2 Å². The van der Waals surface area contributed by atoms with E-state index in [1.54, 1.807) is 13.8 Å². The molecule has 0 unspecified atom stereocenters. The van der Waals surface area contributed by atoms with E-state index in [2.05, 4.69) is 16.0 Å². The van der Waals surface area contributed by atoms with Crippen molar-refractivity contribution in [3.05, 3.63) is 71.8 Å². The molecule has 1 aliphatic rings. The predicted molar refractivity (Wildman–Crippen MR) is 184 cm³/mol. The Hall–Kier alpha value is -3.20. The van der Waals surface area contributed by atoms with Gasteiger partial charge in [-0.3, -0.25) is 14.2 Å². The van der Waals surface area contributed by atoms with E-state index in [-0.39, 0.29) is 43.7 Å². The third-order valence-electron chi connectivity index (χ3n) is 8.35. The fraction of sp³-hybridized carbons (Fsp3) is 0.583. The van der Waals surface area contributed by atoms with E-state index < -0.39 is 43.5 Å². The van der Waals surface area contributed by atoms with Crippen LogP contribution in [0.1, 0.15) is 77.3 Å². The van der Waals surface area contributed by atoms with Gasteiger partial charge in [-0.05, 0) is 48.1 Å². The molecular formula is C36H54N3O7P. The van der Waals surface area contributed by atoms with Crippen LogP contribution in [0.25, 0.3) is 0 Å². The van der Waals surface area contributed by atoms with Gasteiger partial charge >= 0.3 is 6.09 Å². The summed E-state index contributed by atoms with van der Waals surface area (Å²) < 4.78 is 25.4. The van der Waals surface area contributed by atoms with E-state index in [9.17, 15) is 24.1 Å². The number of carbonyl (C=O) groups is 3. The zero-order chi connectivity index (χ0) is 34.2. The first kappa shape index (κ1) is 38.2. The monoisotopic (exact) mass is 671 g/mol. The van der Waals surface area contributed by atoms with Crippen LogP contribution in [0.3, 0.4) is 0 Å². The number of hydrogen-bond acceptors (Lipinski definition) is 7. The minimum Gasteiger partial charge on any atom is -0.445 e. The Kier molecular flexibility index (Phi) is 15.9. The van der Waals surface area contributed by atoms with Gasteiger partial charge in [-0.2, -0.15) is 0 Å². The first-order chi connectivity index (χ1) is 22.4. The van der Waals surface area contributed by atoms with Crippen molar-refractivity contribution in [3.63, 3.8) is 0 Å². The van der Waals surface area contributed by atoms with Crippen LogP contribution in [0, 0.1) is 17.8 Å². The number of amides is 3. The highest BCUT2D eigenvalue weighted by atomic mass is 31.2. The van der Waals surface area contributed by atoms with Gasteiger partial charge < -0.3 is 30.3 Å². The number of aliphatic hydroxyl groups excluding tert-OH is 1. The lowest BCUT2D eigenvalue weighted by molar-refractivity contribution is -0.131. The average molecular weight is 672 g/mol. The second kappa shape index (κ2) is 19.6. The lowest BCUT2D eigenvalue weighted by atomic mass is 9.91. The number of aliphatic hydroxyl groups is 1. The molecule has 4 N–H and O–H groups in total. The molecule has 0 heterocycles. The molecule has 11 heteroatoms. The molecule has 0 aliphatic heterocycles. The fourth-order valence-electron chi connectivity index (χ4n) is 5.83. The number of benzene rings is 2. The molecule has 0 spiro atoms. The van der Waals surface area contributed by atoms with E-state index in [4.69, 9.17) is 9.26 Å². The van der Waals surface area contributed by atoms with Crippen LogP contribution in [0.5, 0.6) is 0 Å². The zero-order valence-corrected chi connectivity index (χ0v) is 29.3. The molecule has 0 bridgehead atoms. The Balaban J connectivity index is 1.58. The molecule has 0 saturated heterocycles. The number of nitrogens with one attached hydrogen (secondary N) is 3. The van der Waals surface area contributed by atoms with Crippen molar-refractivity contribution in [2.45, 2.75) is 97.6 Å². The highest BCUT2D eigenvalue weighted by molar-refractivity contribution is 7.59. The summed E-state index contributed by atoms with van der Waals surface area (Å²) >= 11 is 0. The number of alkyl carbamates (subject to hydrolysis) is 1. The summed E-state index contributed by atoms with van der Waals surface area (Å²) in [7, 11) is -3.22. The van der Waals surface area contributed by atoms with Crippen molar-refractivity contribution >= 4 is 25.3 Å². The Morgan fingerprint density at radius 1 is 0.851 bits per heavy atom. The molecule has 2 aromatic rings. The maximum atomic E-state index is 14.1. The minimum atomic E-state index is -3.22. The maximum absolute atomic E-state index is 14.1. The standard InChI is InChI=1S/C36H54N3O7P/c1-26(2)20-32(38-35(42)33(27(3)4)39-36(43)45-22-28-14-8-5-9-15-28)34(41)37-21-31(40)25-47(44,24-30-18-12-7-13-19-30)46-23-29-16-10-6-11-17-29/h5-6,8-11,14-17,26-27,30-33,40H,7,12-13,18-25H2,1-4H3,(H,37,41)(H,38,42)(H,39,43)/t31-,32-,33+,47+/m1/s1. The van der Waals surface area contributed by atoms with E-state index in [1.807, 2.05) is 74.5 Å². The molecule has 0 aromatic heterocycles. The van der Waals surface area contributed by atoms with Crippen LogP contribution in [0.4, 0.5) is 4.79 Å². The van der Waals surface area contributed by atoms with Gasteiger partial charge in [-0.15, -0.1) is 0 Å². The molecule has 260 valence electrons. The minimum absolute atomic E-state index is 0.0602. The lowest BCUT2D eigenvalue weighted by Crippen LogP contribution is -2.56. The Morgan fingerprint density at radius 3 is 2.02 bits per heavy atom. The van der Waals surface area contributed by atoms with Gasteiger partial charge in [0.1, 0.15) is 18.7 Å². The number of carbonyl (C=O) groups excluding carboxylic acids is 3. The van der Waals surface area contributed by atoms with Crippen molar-refractivity contribution in [1.82, 2.24) is 16.0 Å². The lowest BCUT2D eigenvalue weighted by Gasteiger charge is -2.29. The van der Waals surface area contributed by atoms with Gasteiger partial charge in [-0.1, -0.05) is 108 Å². The molecule has 2 aromatic carbocycles. The average Bonchev–Trinajstić information content (AvgIpc) is 3.05. The van der Waals surface area contributed by atoms with Crippen LogP contribution in [-0.2, 0) is 36.6 Å². The van der Waals surface area contributed by atoms with Crippen molar-refractivity contribution in [2.24, 2.45) is 17.8 Å². The SMILES string of the molecule is CC(C)C[C@@H](NC(=O)[C@@H](NC(=O)OCc1ccccc1)C(C)C)C(=O)NC[C@@H](O)C[P@](=O)(CC1CCCCC1)OCc1ccccc1. The number of hydrogen-bond donors (Lipinski definition) is 4. The summed E-state index contributed by atoms with van der Waals surface area (Å²) in [6.07, 6.45) is 4.25. The summed E-state index contributed by atoms with van der Waals surface area (Å²) in [6, 6.07) is 16.9. The third-order valence-corrected chi connectivity index (χ3v) is 11.0. The van der Waals surface area contributed by atoms with E-state index in [1.165, 1.54) is 6.42 Å². The predicted octanol–water partition coefficient (Wildman–Crippen LogP) is 6.02. The summed E-state index contributed by atoms with van der Waals surface area (Å²) in [6.45, 7) is 7.58. The van der Waals surface area contributed by atoms with Gasteiger partial charge in [0.15, 0.2) is 0 Å². The first-order valence-corrected chi connectivity index (χ1v) is 18.9. The molecule has 3 amide bonds. The fourth-order valence-corrected chi connectivity index (χ4v) is 8.50. The van der Waals surface area contributed by atoms with Crippen molar-refractivity contribution in [2.75, 3.05) is 18.9 Å².